The summed E-state index contributed by atoms with van der Waals surface area (Å²) in [6.45, 7) is 1.61. The van der Waals surface area contributed by atoms with E-state index in [9.17, 15) is 50.8 Å². The molecule has 0 radical (unpaired) electrons. The van der Waals surface area contributed by atoms with Crippen LogP contribution in [0.25, 0.3) is 10.8 Å². The molecular formula is C38H34N10O13S2. The van der Waals surface area contributed by atoms with Crippen molar-refractivity contribution < 1.29 is 60.4 Å². The smallest absolute Gasteiger partial charge is 0.335 e. The van der Waals surface area contributed by atoms with Crippen LogP contribution in [0.2, 0.25) is 0 Å². The summed E-state index contributed by atoms with van der Waals surface area (Å²) in [5, 5.41) is 51.7. The first-order chi connectivity index (χ1) is 29.9. The van der Waals surface area contributed by atoms with Gasteiger partial charge in [-0.15, -0.1) is 0 Å². The number of methoxy groups -OCH3 is 1. The lowest BCUT2D eigenvalue weighted by atomic mass is 10.1. The molecule has 0 spiro atoms. The van der Waals surface area contributed by atoms with Crippen LogP contribution < -0.4 is 20.4 Å². The van der Waals surface area contributed by atoms with Crippen molar-refractivity contribution in [3.63, 3.8) is 0 Å². The van der Waals surface area contributed by atoms with Crippen molar-refractivity contribution in [2.45, 2.75) is 16.7 Å². The molecule has 326 valence electrons. The first kappa shape index (κ1) is 45.0. The van der Waals surface area contributed by atoms with Gasteiger partial charge in [0, 0.05) is 22.5 Å². The molecule has 63 heavy (non-hydrogen) atoms. The molecule has 23 nitrogen and oxygen atoms in total. The zero-order chi connectivity index (χ0) is 45.5. The third-order valence-corrected chi connectivity index (χ3v) is 10.2. The van der Waals surface area contributed by atoms with Crippen LogP contribution in [0.15, 0.2) is 121 Å². The third-order valence-electron chi connectivity index (χ3n) is 8.42. The van der Waals surface area contributed by atoms with Crippen molar-refractivity contribution in [1.29, 1.82) is 0 Å². The maximum atomic E-state index is 12.2. The molecule has 7 N–H and O–H groups in total. The minimum Gasteiger partial charge on any atom is -0.494 e. The first-order valence-electron chi connectivity index (χ1n) is 18.0. The van der Waals surface area contributed by atoms with Gasteiger partial charge in [0.25, 0.3) is 26.2 Å². The van der Waals surface area contributed by atoms with Gasteiger partial charge in [-0.1, -0.05) is 12.1 Å². The van der Waals surface area contributed by atoms with Crippen LogP contribution in [-0.2, 0) is 25.1 Å². The fourth-order valence-electron chi connectivity index (χ4n) is 5.72. The fourth-order valence-corrected chi connectivity index (χ4v) is 7.14. The summed E-state index contributed by atoms with van der Waals surface area (Å²) >= 11 is 0. The van der Waals surface area contributed by atoms with E-state index in [1.165, 1.54) is 66.8 Å². The van der Waals surface area contributed by atoms with E-state index in [0.717, 1.165) is 18.2 Å². The highest BCUT2D eigenvalue weighted by Crippen LogP contribution is 2.35. The molecule has 0 saturated carbocycles. The van der Waals surface area contributed by atoms with Gasteiger partial charge in [0.05, 0.1) is 66.4 Å². The minimum atomic E-state index is -4.86. The summed E-state index contributed by atoms with van der Waals surface area (Å²) in [6, 6.07) is 19.9. The van der Waals surface area contributed by atoms with E-state index in [4.69, 9.17) is 9.57 Å². The van der Waals surface area contributed by atoms with Gasteiger partial charge in [-0.05, 0) is 79.7 Å². The number of fused-ring (bicyclic) bond motifs is 1. The highest BCUT2D eigenvalue weighted by Gasteiger charge is 2.22. The Hall–Kier alpha value is -7.55. The largest absolute Gasteiger partial charge is 0.494 e. The van der Waals surface area contributed by atoms with Gasteiger partial charge in [0.1, 0.15) is 15.5 Å². The van der Waals surface area contributed by atoms with Gasteiger partial charge in [-0.2, -0.15) is 52.2 Å². The van der Waals surface area contributed by atoms with E-state index in [1.54, 1.807) is 25.1 Å². The summed E-state index contributed by atoms with van der Waals surface area (Å²) in [5.74, 6) is -2.43. The fraction of sp³-hybridized carbons (Fsp3) is 0.132. The number of aromatic nitrogens is 3. The molecule has 0 aliphatic heterocycles. The number of nitrogens with one attached hydrogen (secondary N) is 2. The lowest BCUT2D eigenvalue weighted by Crippen LogP contribution is -2.29. The number of hydroxylamine groups is 1. The third kappa shape index (κ3) is 11.2. The molecule has 0 aliphatic rings. The number of hydrogen-bond acceptors (Lipinski definition) is 19. The maximum Gasteiger partial charge on any atom is 0.335 e. The monoisotopic (exact) mass is 902 g/mol. The number of aliphatic hydroxyl groups excluding tert-OH is 1. The van der Waals surface area contributed by atoms with Gasteiger partial charge >= 0.3 is 11.9 Å². The van der Waals surface area contributed by atoms with Gasteiger partial charge in [-0.3, -0.25) is 13.9 Å². The van der Waals surface area contributed by atoms with Crippen LogP contribution in [-0.4, -0.2) is 95.0 Å². The van der Waals surface area contributed by atoms with Crippen molar-refractivity contribution in [3.05, 3.63) is 102 Å². The van der Waals surface area contributed by atoms with Crippen molar-refractivity contribution >= 4 is 94.9 Å². The molecular weight excluding hydrogens is 869 g/mol. The molecule has 0 unspecified atom stereocenters. The number of ether oxygens (including phenoxy) is 1. The second kappa shape index (κ2) is 19.0. The molecule has 0 aliphatic carbocycles. The summed E-state index contributed by atoms with van der Waals surface area (Å²) in [6.07, 6.45) is 0. The lowest BCUT2D eigenvalue weighted by molar-refractivity contribution is 0.0696. The highest BCUT2D eigenvalue weighted by atomic mass is 32.2. The maximum absolute atomic E-state index is 12.2. The number of aromatic carboxylic acids is 2. The number of carbonyl (C=O) groups is 2. The number of azo groups is 2. The van der Waals surface area contributed by atoms with Crippen molar-refractivity contribution in [2.24, 2.45) is 20.5 Å². The lowest BCUT2D eigenvalue weighted by Gasteiger charge is -2.21. The molecule has 0 saturated heterocycles. The Morgan fingerprint density at radius 1 is 0.683 bits per heavy atom. The average molecular weight is 903 g/mol. The number of nitrogens with zero attached hydrogens (tertiary/aromatic N) is 8. The predicted molar refractivity (Wildman–Crippen MR) is 224 cm³/mol. The minimum absolute atomic E-state index is 0.00170. The Morgan fingerprint density at radius 3 is 1.86 bits per heavy atom. The van der Waals surface area contributed by atoms with Gasteiger partial charge < -0.3 is 30.7 Å². The van der Waals surface area contributed by atoms with Gasteiger partial charge in [0.15, 0.2) is 0 Å². The van der Waals surface area contributed by atoms with Crippen LogP contribution in [0.1, 0.15) is 27.6 Å². The van der Waals surface area contributed by atoms with Crippen LogP contribution in [0.5, 0.6) is 5.75 Å². The molecule has 0 atom stereocenters. The topological polar surface area (TPSA) is 337 Å². The van der Waals surface area contributed by atoms with E-state index in [1.807, 2.05) is 0 Å². The van der Waals surface area contributed by atoms with E-state index in [2.05, 4.69) is 46.0 Å². The van der Waals surface area contributed by atoms with Crippen LogP contribution in [0.3, 0.4) is 0 Å². The number of hydrogen-bond donors (Lipinski definition) is 7. The van der Waals surface area contributed by atoms with Crippen LogP contribution in [0, 0.1) is 0 Å². The normalized spacial score (nSPS) is 11.9. The zero-order valence-corrected chi connectivity index (χ0v) is 34.3. The number of carboxylic acids is 2. The SMILES string of the molecule is CCON(CCO)c1nc(Nc2ccc(N=Nc3cc(S(=O)(=O)O)c4cccc(S(=O)(=O)O)c4c3)cc2)nc(Nc2ccc(N=Nc3cc(C(=O)O)cc(C(=O)O)c3)cc2OC)n1. The van der Waals surface area contributed by atoms with Crippen LogP contribution >= 0.6 is 0 Å². The van der Waals surface area contributed by atoms with Gasteiger partial charge in [-0.25, -0.2) is 14.7 Å². The Kier molecular flexibility index (Phi) is 13.6. The number of benzene rings is 5. The highest BCUT2D eigenvalue weighted by molar-refractivity contribution is 7.86. The number of aliphatic hydroxyl groups is 1. The Labute approximate surface area is 356 Å². The molecule has 0 amide bonds. The second-order valence-electron chi connectivity index (χ2n) is 12.7. The molecule has 0 fully saturated rings. The van der Waals surface area contributed by atoms with Gasteiger partial charge in [0.2, 0.25) is 11.9 Å². The number of anilines is 5. The average Bonchev–Trinajstić information content (AvgIpc) is 3.24. The van der Waals surface area contributed by atoms with E-state index in [-0.39, 0.29) is 88.0 Å². The standard InChI is InChI=1S/C38H34N10O13S2/c1-3-61-48(13-14-49)38-42-36(41-37(43-38)40-30-12-11-25(19-31(30)60-2)45-46-26-16-21(34(50)51)15-22(17-26)35(52)53)39-23-7-9-24(10-8-23)44-47-27-18-29-28(33(20-27)63(57,58)59)5-4-6-32(29)62(54,55)56/h4-12,15-20,49H,3,13-14H2,1-2H3,(H,50,51)(H,52,53)(H,54,55,56)(H,57,58,59)(H2,39,40,41,42,43). The van der Waals surface area contributed by atoms with E-state index >= 15 is 0 Å². The van der Waals surface area contributed by atoms with Crippen molar-refractivity contribution in [1.82, 2.24) is 15.0 Å². The second-order valence-corrected chi connectivity index (χ2v) is 15.5. The molecule has 1 heterocycles. The Balaban J connectivity index is 1.26. The molecule has 6 aromatic rings. The predicted octanol–water partition coefficient (Wildman–Crippen LogP) is 6.99. The number of carboxylic acid groups (broad SMARTS) is 2. The zero-order valence-electron chi connectivity index (χ0n) is 32.7. The summed E-state index contributed by atoms with van der Waals surface area (Å²) in [5.41, 5.74) is 0.583. The van der Waals surface area contributed by atoms with Crippen molar-refractivity contribution in [2.75, 3.05) is 42.6 Å². The first-order valence-corrected chi connectivity index (χ1v) is 20.9. The Bertz CT molecular complexity index is 2970. The summed E-state index contributed by atoms with van der Waals surface area (Å²) in [7, 11) is -8.26. The van der Waals surface area contributed by atoms with Crippen LogP contribution in [0.4, 0.5) is 52.0 Å². The quantitative estimate of drug-likeness (QED) is 0.0259. The van der Waals surface area contributed by atoms with E-state index < -0.39 is 42.0 Å². The Morgan fingerprint density at radius 2 is 1.27 bits per heavy atom. The summed E-state index contributed by atoms with van der Waals surface area (Å²) in [4.78, 5) is 40.7. The molecule has 25 heteroatoms. The van der Waals surface area contributed by atoms with Crippen molar-refractivity contribution in [3.8, 4) is 5.75 Å². The molecule has 0 bridgehead atoms. The molecule has 1 aromatic heterocycles. The number of rotatable bonds is 18. The molecule has 6 rings (SSSR count). The molecule has 5 aromatic carbocycles. The summed E-state index contributed by atoms with van der Waals surface area (Å²) < 4.78 is 73.6. The van der Waals surface area contributed by atoms with E-state index in [0.29, 0.717) is 11.4 Å².